The summed E-state index contributed by atoms with van der Waals surface area (Å²) in [5.41, 5.74) is 11.6. The molecule has 0 atom stereocenters. The summed E-state index contributed by atoms with van der Waals surface area (Å²) in [5.74, 6) is -1.07. The molecule has 0 spiro atoms. The Balaban J connectivity index is 3.15. The van der Waals surface area contributed by atoms with Crippen molar-refractivity contribution in [1.29, 1.82) is 0 Å². The number of aliphatic carboxylic acids is 1. The number of carboxylic acids is 1. The van der Waals surface area contributed by atoms with Crippen LogP contribution in [0.25, 0.3) is 0 Å². The first-order chi connectivity index (χ1) is 7.71. The number of hydrogen-bond acceptors (Lipinski definition) is 6. The molecule has 0 radical (unpaired) electrons. The van der Waals surface area contributed by atoms with Crippen molar-refractivity contribution >= 4 is 32.9 Å². The van der Waals surface area contributed by atoms with Gasteiger partial charge < -0.3 is 21.9 Å². The maximum absolute atomic E-state index is 11.3. The molecule has 0 aliphatic rings. The number of nitrogens with two attached hydrogens (primary N) is 2. The summed E-state index contributed by atoms with van der Waals surface area (Å²) in [5, 5.41) is 11.0. The summed E-state index contributed by atoms with van der Waals surface area (Å²) in [6.07, 6.45) is 1.03. The summed E-state index contributed by atoms with van der Waals surface area (Å²) >= 11 is 0. The number of hydrogen-bond donors (Lipinski definition) is 4. The molecule has 7 nitrogen and oxygen atoms in total. The topological polar surface area (TPSA) is 136 Å². The van der Waals surface area contributed by atoms with E-state index in [1.54, 1.807) is 0 Å². The highest BCUT2D eigenvalue weighted by Gasteiger charge is 2.13. The molecule has 0 amide bonds. The van der Waals surface area contributed by atoms with Gasteiger partial charge in [0.1, 0.15) is 6.54 Å². The molecule has 0 bridgehead atoms. The average molecular weight is 259 g/mol. The van der Waals surface area contributed by atoms with Gasteiger partial charge in [-0.3, -0.25) is 4.79 Å². The lowest BCUT2D eigenvalue weighted by atomic mass is 10.2. The normalized spacial score (nSPS) is 11.1. The molecule has 0 aromatic heterocycles. The van der Waals surface area contributed by atoms with Crippen LogP contribution in [0.2, 0.25) is 0 Å². The molecular formula is C9H13N3O4S. The van der Waals surface area contributed by atoms with Crippen molar-refractivity contribution in [3.05, 3.63) is 12.1 Å². The summed E-state index contributed by atoms with van der Waals surface area (Å²) in [4.78, 5) is 10.4. The second-order valence-corrected chi connectivity index (χ2v) is 5.51. The Morgan fingerprint density at radius 1 is 1.35 bits per heavy atom. The summed E-state index contributed by atoms with van der Waals surface area (Å²) in [6.45, 7) is -0.355. The Morgan fingerprint density at radius 2 is 1.82 bits per heavy atom. The van der Waals surface area contributed by atoms with Gasteiger partial charge in [0.2, 0.25) is 0 Å². The zero-order valence-electron chi connectivity index (χ0n) is 9.10. The number of carboxylic acid groups (broad SMARTS) is 1. The van der Waals surface area contributed by atoms with Crippen molar-refractivity contribution in [2.75, 3.05) is 29.6 Å². The van der Waals surface area contributed by atoms with Crippen LogP contribution in [0.1, 0.15) is 0 Å². The fourth-order valence-electron chi connectivity index (χ4n) is 1.24. The number of nitrogens with one attached hydrogen (secondary N) is 1. The average Bonchev–Trinajstić information content (AvgIpc) is 2.14. The third-order valence-corrected chi connectivity index (χ3v) is 3.11. The van der Waals surface area contributed by atoms with E-state index in [1.165, 1.54) is 12.1 Å². The van der Waals surface area contributed by atoms with Gasteiger partial charge in [-0.2, -0.15) is 0 Å². The fraction of sp³-hybridized carbons (Fsp3) is 0.222. The molecule has 0 saturated carbocycles. The maximum atomic E-state index is 11.3. The van der Waals surface area contributed by atoms with Crippen LogP contribution in [0.4, 0.5) is 17.1 Å². The first-order valence-electron chi connectivity index (χ1n) is 4.56. The van der Waals surface area contributed by atoms with Crippen LogP contribution in [-0.4, -0.2) is 32.3 Å². The van der Waals surface area contributed by atoms with E-state index >= 15 is 0 Å². The van der Waals surface area contributed by atoms with E-state index in [1.807, 2.05) is 0 Å². The quantitative estimate of drug-likeness (QED) is 0.547. The highest BCUT2D eigenvalue weighted by Crippen LogP contribution is 2.29. The summed E-state index contributed by atoms with van der Waals surface area (Å²) < 4.78 is 22.6. The molecule has 1 aromatic rings. The van der Waals surface area contributed by atoms with Gasteiger partial charge in [0.25, 0.3) is 0 Å². The highest BCUT2D eigenvalue weighted by molar-refractivity contribution is 7.90. The molecule has 0 heterocycles. The molecule has 0 fully saturated rings. The van der Waals surface area contributed by atoms with Gasteiger partial charge in [0.05, 0.1) is 22.0 Å². The van der Waals surface area contributed by atoms with Crippen LogP contribution in [0.15, 0.2) is 17.0 Å². The van der Waals surface area contributed by atoms with Crippen molar-refractivity contribution in [3.63, 3.8) is 0 Å². The molecule has 8 heteroatoms. The lowest BCUT2D eigenvalue weighted by Crippen LogP contribution is -2.15. The molecule has 0 aliphatic carbocycles. The van der Waals surface area contributed by atoms with Crippen molar-refractivity contribution in [1.82, 2.24) is 0 Å². The first kappa shape index (κ1) is 13.1. The standard InChI is InChI=1S/C9H13N3O4S/c1-17(15,16)5-2-6(10)9(7(11)3-5)12-4-8(13)14/h2-3,12H,4,10-11H2,1H3,(H,13,14). The van der Waals surface area contributed by atoms with Gasteiger partial charge in [-0.15, -0.1) is 0 Å². The van der Waals surface area contributed by atoms with Crippen molar-refractivity contribution in [2.45, 2.75) is 4.90 Å². The first-order valence-corrected chi connectivity index (χ1v) is 6.45. The third kappa shape index (κ3) is 3.25. The van der Waals surface area contributed by atoms with Gasteiger partial charge in [-0.25, -0.2) is 8.42 Å². The Bertz CT molecular complexity index is 530. The SMILES string of the molecule is CS(=O)(=O)c1cc(N)c(NCC(=O)O)c(N)c1. The summed E-state index contributed by atoms with van der Waals surface area (Å²) in [6, 6.07) is 2.46. The zero-order chi connectivity index (χ0) is 13.2. The minimum Gasteiger partial charge on any atom is -0.480 e. The molecule has 1 aromatic carbocycles. The van der Waals surface area contributed by atoms with Crippen molar-refractivity contribution < 1.29 is 18.3 Å². The third-order valence-electron chi connectivity index (χ3n) is 2.02. The van der Waals surface area contributed by atoms with Gasteiger partial charge in [0.15, 0.2) is 9.84 Å². The predicted molar refractivity (Wildman–Crippen MR) is 64.5 cm³/mol. The Kier molecular flexibility index (Phi) is 3.47. The number of sulfone groups is 1. The second-order valence-electron chi connectivity index (χ2n) is 3.50. The second kappa shape index (κ2) is 4.50. The number of anilines is 3. The Hall–Kier alpha value is -1.96. The Morgan fingerprint density at radius 3 is 2.18 bits per heavy atom. The molecule has 94 valence electrons. The zero-order valence-corrected chi connectivity index (χ0v) is 9.91. The lowest BCUT2D eigenvalue weighted by molar-refractivity contribution is -0.134. The highest BCUT2D eigenvalue weighted by atomic mass is 32.2. The van der Waals surface area contributed by atoms with Gasteiger partial charge in [0, 0.05) is 6.26 Å². The molecule has 0 unspecified atom stereocenters. The van der Waals surface area contributed by atoms with Gasteiger partial charge in [-0.1, -0.05) is 0 Å². The van der Waals surface area contributed by atoms with Crippen LogP contribution in [0.5, 0.6) is 0 Å². The number of rotatable bonds is 4. The van der Waals surface area contributed by atoms with Crippen molar-refractivity contribution in [2.24, 2.45) is 0 Å². The molecule has 1 rings (SSSR count). The van der Waals surface area contributed by atoms with Gasteiger partial charge >= 0.3 is 5.97 Å². The van der Waals surface area contributed by atoms with E-state index in [9.17, 15) is 13.2 Å². The van der Waals surface area contributed by atoms with E-state index in [4.69, 9.17) is 16.6 Å². The van der Waals surface area contributed by atoms with E-state index < -0.39 is 15.8 Å². The Labute approximate surface area is 98.3 Å². The monoisotopic (exact) mass is 259 g/mol. The van der Waals surface area contributed by atoms with E-state index in [-0.39, 0.29) is 28.5 Å². The molecule has 6 N–H and O–H groups in total. The number of nitrogen functional groups attached to an aromatic ring is 2. The smallest absolute Gasteiger partial charge is 0.322 e. The molecule has 0 saturated heterocycles. The van der Waals surface area contributed by atoms with E-state index in [2.05, 4.69) is 5.32 Å². The van der Waals surface area contributed by atoms with E-state index in [0.29, 0.717) is 0 Å². The van der Waals surface area contributed by atoms with Crippen LogP contribution >= 0.6 is 0 Å². The largest absolute Gasteiger partial charge is 0.480 e. The minimum absolute atomic E-state index is 0.00613. The van der Waals surface area contributed by atoms with Crippen molar-refractivity contribution in [3.8, 4) is 0 Å². The van der Waals surface area contributed by atoms with Crippen LogP contribution in [0.3, 0.4) is 0 Å². The van der Waals surface area contributed by atoms with Gasteiger partial charge in [-0.05, 0) is 12.1 Å². The number of carbonyl (C=O) groups is 1. The van der Waals surface area contributed by atoms with E-state index in [0.717, 1.165) is 6.26 Å². The lowest BCUT2D eigenvalue weighted by Gasteiger charge is -2.12. The molecular weight excluding hydrogens is 246 g/mol. The molecule has 17 heavy (non-hydrogen) atoms. The minimum atomic E-state index is -3.40. The van der Waals surface area contributed by atoms with Crippen LogP contribution in [-0.2, 0) is 14.6 Å². The number of benzene rings is 1. The predicted octanol–water partition coefficient (Wildman–Crippen LogP) is -0.249. The van der Waals surface area contributed by atoms with Crippen LogP contribution < -0.4 is 16.8 Å². The van der Waals surface area contributed by atoms with Crippen LogP contribution in [0, 0.1) is 0 Å². The maximum Gasteiger partial charge on any atom is 0.322 e. The summed E-state index contributed by atoms with van der Waals surface area (Å²) in [7, 11) is -3.40. The molecule has 0 aliphatic heterocycles. The fourth-order valence-corrected chi connectivity index (χ4v) is 1.92.